The molecular weight excluding hydrogens is 307 g/mol. The lowest BCUT2D eigenvalue weighted by atomic mass is 10.0. The van der Waals surface area contributed by atoms with Crippen molar-refractivity contribution in [3.63, 3.8) is 0 Å². The lowest BCUT2D eigenvalue weighted by molar-refractivity contribution is 0.117. The molecule has 1 N–H and O–H groups in total. The molecule has 1 saturated heterocycles. The first-order valence-corrected chi connectivity index (χ1v) is 7.84. The fourth-order valence-electron chi connectivity index (χ4n) is 2.73. The van der Waals surface area contributed by atoms with E-state index in [0.29, 0.717) is 12.1 Å². The van der Waals surface area contributed by atoms with Crippen LogP contribution in [0, 0.1) is 5.82 Å². The summed E-state index contributed by atoms with van der Waals surface area (Å²) in [6.45, 7) is 7.33. The molecule has 0 saturated carbocycles. The Hall–Kier alpha value is -0.450. The van der Waals surface area contributed by atoms with Gasteiger partial charge in [0, 0.05) is 36.2 Å². The largest absolute Gasteiger partial charge is 0.311 e. The van der Waals surface area contributed by atoms with Crippen LogP contribution in [0.1, 0.15) is 32.3 Å². The zero-order chi connectivity index (χ0) is 13.8. The second kappa shape index (κ2) is 6.82. The Balaban J connectivity index is 2.09. The van der Waals surface area contributed by atoms with Crippen LogP contribution in [-0.4, -0.2) is 30.1 Å². The van der Waals surface area contributed by atoms with Crippen LogP contribution in [0.3, 0.4) is 0 Å². The lowest BCUT2D eigenvalue weighted by Crippen LogP contribution is -2.55. The van der Waals surface area contributed by atoms with E-state index in [2.05, 4.69) is 40.0 Å². The quantitative estimate of drug-likeness (QED) is 0.909. The molecule has 0 spiro atoms. The Kier molecular flexibility index (Phi) is 5.37. The highest BCUT2D eigenvalue weighted by atomic mass is 79.9. The maximum absolute atomic E-state index is 13.4. The highest BCUT2D eigenvalue weighted by Gasteiger charge is 2.25. The molecule has 0 bridgehead atoms. The highest BCUT2D eigenvalue weighted by Crippen LogP contribution is 2.20. The van der Waals surface area contributed by atoms with Gasteiger partial charge in [-0.1, -0.05) is 29.8 Å². The van der Waals surface area contributed by atoms with E-state index < -0.39 is 0 Å². The number of hydrogen-bond acceptors (Lipinski definition) is 2. The Morgan fingerprint density at radius 1 is 1.32 bits per heavy atom. The van der Waals surface area contributed by atoms with Crippen molar-refractivity contribution < 1.29 is 4.39 Å². The van der Waals surface area contributed by atoms with Crippen LogP contribution in [0.5, 0.6) is 0 Å². The molecule has 1 aromatic carbocycles. The molecule has 0 aromatic heterocycles. The molecule has 0 amide bonds. The molecule has 1 aromatic rings. The minimum atomic E-state index is -0.167. The minimum absolute atomic E-state index is 0.167. The van der Waals surface area contributed by atoms with Crippen LogP contribution in [0.2, 0.25) is 0 Å². The Morgan fingerprint density at radius 3 is 2.74 bits per heavy atom. The summed E-state index contributed by atoms with van der Waals surface area (Å²) < 4.78 is 14.3. The molecule has 4 heteroatoms. The third-order valence-electron chi connectivity index (χ3n) is 3.89. The van der Waals surface area contributed by atoms with Crippen molar-refractivity contribution in [2.75, 3.05) is 13.1 Å². The zero-order valence-corrected chi connectivity index (χ0v) is 13.2. The van der Waals surface area contributed by atoms with Crippen molar-refractivity contribution >= 4 is 15.9 Å². The first-order chi connectivity index (χ1) is 9.12. The second-order valence-corrected chi connectivity index (χ2v) is 6.20. The number of nitrogens with zero attached hydrogens (tertiary/aromatic N) is 1. The molecule has 2 unspecified atom stereocenters. The van der Waals surface area contributed by atoms with Crippen LogP contribution >= 0.6 is 15.9 Å². The van der Waals surface area contributed by atoms with E-state index in [9.17, 15) is 4.39 Å². The number of nitrogens with one attached hydrogen (secondary N) is 1. The summed E-state index contributed by atoms with van der Waals surface area (Å²) in [5.41, 5.74) is 1.04. The summed E-state index contributed by atoms with van der Waals surface area (Å²) in [5, 5.41) is 3.58. The van der Waals surface area contributed by atoms with Crippen molar-refractivity contribution in [1.29, 1.82) is 0 Å². The van der Waals surface area contributed by atoms with E-state index in [1.807, 2.05) is 6.07 Å². The number of piperazine rings is 1. The first kappa shape index (κ1) is 14.9. The van der Waals surface area contributed by atoms with Gasteiger partial charge in [0.25, 0.3) is 0 Å². The summed E-state index contributed by atoms with van der Waals surface area (Å²) in [6, 6.07) is 6.26. The maximum Gasteiger partial charge on any atom is 0.124 e. The molecule has 1 fully saturated rings. The van der Waals surface area contributed by atoms with Crippen molar-refractivity contribution in [3.8, 4) is 0 Å². The molecule has 1 heterocycles. The second-order valence-electron chi connectivity index (χ2n) is 5.28. The van der Waals surface area contributed by atoms with Gasteiger partial charge in [-0.15, -0.1) is 0 Å². The summed E-state index contributed by atoms with van der Waals surface area (Å²) in [6.07, 6.45) is 2.26. The fourth-order valence-corrected chi connectivity index (χ4v) is 3.25. The van der Waals surface area contributed by atoms with Gasteiger partial charge in [-0.25, -0.2) is 4.39 Å². The van der Waals surface area contributed by atoms with Gasteiger partial charge >= 0.3 is 0 Å². The fraction of sp³-hybridized carbons (Fsp3) is 0.600. The van der Waals surface area contributed by atoms with Crippen molar-refractivity contribution in [2.24, 2.45) is 0 Å². The van der Waals surface area contributed by atoms with Gasteiger partial charge < -0.3 is 5.32 Å². The molecule has 0 radical (unpaired) electrons. The topological polar surface area (TPSA) is 15.3 Å². The summed E-state index contributed by atoms with van der Waals surface area (Å²) in [4.78, 5) is 2.48. The van der Waals surface area contributed by atoms with E-state index in [1.54, 1.807) is 6.07 Å². The predicted molar refractivity (Wildman–Crippen MR) is 80.7 cm³/mol. The predicted octanol–water partition coefficient (Wildman–Crippen LogP) is 3.55. The molecule has 1 aliphatic heterocycles. The summed E-state index contributed by atoms with van der Waals surface area (Å²) in [7, 11) is 0. The van der Waals surface area contributed by atoms with Crippen LogP contribution in [0.25, 0.3) is 0 Å². The molecule has 2 nitrogen and oxygen atoms in total. The van der Waals surface area contributed by atoms with Gasteiger partial charge in [0.2, 0.25) is 0 Å². The summed E-state index contributed by atoms with van der Waals surface area (Å²) >= 11 is 3.36. The molecule has 2 atom stereocenters. The molecular formula is C15H22BrFN2. The van der Waals surface area contributed by atoms with Crippen molar-refractivity contribution in [1.82, 2.24) is 10.2 Å². The number of halogens is 2. The van der Waals surface area contributed by atoms with Crippen molar-refractivity contribution in [2.45, 2.75) is 45.3 Å². The van der Waals surface area contributed by atoms with Crippen molar-refractivity contribution in [3.05, 3.63) is 34.1 Å². The molecule has 2 rings (SSSR count). The average Bonchev–Trinajstić information content (AvgIpc) is 2.37. The van der Waals surface area contributed by atoms with Gasteiger partial charge in [0.05, 0.1) is 0 Å². The van der Waals surface area contributed by atoms with Gasteiger partial charge in [-0.05, 0) is 36.6 Å². The summed E-state index contributed by atoms with van der Waals surface area (Å²) in [5.74, 6) is -0.167. The SMILES string of the molecule is CCC1CN(Cc2cc(F)cc(Br)c2)C(CC)CN1. The molecule has 0 aliphatic carbocycles. The number of hydrogen-bond donors (Lipinski definition) is 1. The smallest absolute Gasteiger partial charge is 0.124 e. The number of rotatable bonds is 4. The Bertz CT molecular complexity index is 404. The molecule has 106 valence electrons. The Morgan fingerprint density at radius 2 is 2.11 bits per heavy atom. The van der Waals surface area contributed by atoms with E-state index in [-0.39, 0.29) is 5.82 Å². The van der Waals surface area contributed by atoms with E-state index >= 15 is 0 Å². The van der Waals surface area contributed by atoms with Crippen LogP contribution < -0.4 is 5.32 Å². The minimum Gasteiger partial charge on any atom is -0.311 e. The van der Waals surface area contributed by atoms with Crippen LogP contribution in [0.4, 0.5) is 4.39 Å². The van der Waals surface area contributed by atoms with Gasteiger partial charge in [-0.3, -0.25) is 4.90 Å². The molecule has 19 heavy (non-hydrogen) atoms. The third-order valence-corrected chi connectivity index (χ3v) is 4.34. The monoisotopic (exact) mass is 328 g/mol. The Labute approximate surface area is 123 Å². The van der Waals surface area contributed by atoms with E-state index in [0.717, 1.165) is 42.5 Å². The average molecular weight is 329 g/mol. The molecule has 1 aliphatic rings. The number of benzene rings is 1. The third kappa shape index (κ3) is 4.01. The zero-order valence-electron chi connectivity index (χ0n) is 11.6. The van der Waals surface area contributed by atoms with Gasteiger partial charge in [0.1, 0.15) is 5.82 Å². The first-order valence-electron chi connectivity index (χ1n) is 7.04. The van der Waals surface area contributed by atoms with Crippen LogP contribution in [-0.2, 0) is 6.54 Å². The van der Waals surface area contributed by atoms with Gasteiger partial charge in [0.15, 0.2) is 0 Å². The van der Waals surface area contributed by atoms with Crippen LogP contribution in [0.15, 0.2) is 22.7 Å². The van der Waals surface area contributed by atoms with E-state index in [4.69, 9.17) is 0 Å². The van der Waals surface area contributed by atoms with E-state index in [1.165, 1.54) is 6.07 Å². The van der Waals surface area contributed by atoms with Gasteiger partial charge in [-0.2, -0.15) is 0 Å². The standard InChI is InChI=1S/C15H22BrFN2/c1-3-14-10-19(15(4-2)8-18-14)9-11-5-12(16)7-13(17)6-11/h5-7,14-15,18H,3-4,8-10H2,1-2H3. The maximum atomic E-state index is 13.4. The lowest BCUT2D eigenvalue weighted by Gasteiger charge is -2.40. The highest BCUT2D eigenvalue weighted by molar-refractivity contribution is 9.10. The normalized spacial score (nSPS) is 24.6.